The first kappa shape index (κ1) is 17.8. The van der Waals surface area contributed by atoms with Crippen LogP contribution < -0.4 is 10.6 Å². The first-order chi connectivity index (χ1) is 13.1. The summed E-state index contributed by atoms with van der Waals surface area (Å²) in [5.41, 5.74) is -2.06. The fraction of sp³-hybridized carbons (Fsp3) is 0. The van der Waals surface area contributed by atoms with Gasteiger partial charge in [0.1, 0.15) is 40.5 Å². The van der Waals surface area contributed by atoms with Gasteiger partial charge in [0.05, 0.1) is 5.69 Å². The number of nitrogens with one attached hydrogen (secondary N) is 2. The predicted molar refractivity (Wildman–Crippen MR) is 95.2 cm³/mol. The monoisotopic (exact) mass is 364 g/mol. The maximum Gasteiger partial charge on any atom is 0.168 e. The van der Waals surface area contributed by atoms with E-state index < -0.39 is 40.0 Å². The molecule has 0 aliphatic heterocycles. The van der Waals surface area contributed by atoms with Crippen LogP contribution in [0.25, 0.3) is 0 Å². The highest BCUT2D eigenvalue weighted by molar-refractivity contribution is 5.83. The highest BCUT2D eigenvalue weighted by Gasteiger charge is 2.25. The van der Waals surface area contributed by atoms with Crippen LogP contribution in [0.5, 0.6) is 0 Å². The number of anilines is 4. The minimum absolute atomic E-state index is 0.111. The highest BCUT2D eigenvalue weighted by atomic mass is 19.1. The van der Waals surface area contributed by atoms with Gasteiger partial charge in [-0.2, -0.15) is 10.5 Å². The fourth-order valence-corrected chi connectivity index (χ4v) is 2.50. The molecule has 0 aliphatic rings. The lowest BCUT2D eigenvalue weighted by Crippen LogP contribution is -2.08. The Hall–Kier alpha value is -3.97. The largest absolute Gasteiger partial charge is 0.351 e. The summed E-state index contributed by atoms with van der Waals surface area (Å²) in [6.07, 6.45) is 0. The van der Waals surface area contributed by atoms with Gasteiger partial charge in [0.25, 0.3) is 0 Å². The van der Waals surface area contributed by atoms with E-state index in [-0.39, 0.29) is 5.69 Å². The Labute approximate surface area is 153 Å². The van der Waals surface area contributed by atoms with Crippen molar-refractivity contribution in [3.05, 3.63) is 83.2 Å². The lowest BCUT2D eigenvalue weighted by atomic mass is 10.0. The zero-order chi connectivity index (χ0) is 19.4. The molecule has 0 aromatic heterocycles. The number of nitriles is 2. The second-order valence-electron chi connectivity index (χ2n) is 5.45. The van der Waals surface area contributed by atoms with E-state index in [0.717, 1.165) is 6.07 Å². The fourth-order valence-electron chi connectivity index (χ4n) is 2.50. The molecule has 0 unspecified atom stereocenters. The van der Waals surface area contributed by atoms with Gasteiger partial charge in [0, 0.05) is 5.69 Å². The molecule has 0 aliphatic carbocycles. The van der Waals surface area contributed by atoms with Crippen LogP contribution in [0.4, 0.5) is 35.9 Å². The van der Waals surface area contributed by atoms with Gasteiger partial charge >= 0.3 is 0 Å². The number of halogens is 3. The average molecular weight is 364 g/mol. The minimum atomic E-state index is -1.16. The van der Waals surface area contributed by atoms with Crippen molar-refractivity contribution < 1.29 is 13.2 Å². The van der Waals surface area contributed by atoms with Crippen molar-refractivity contribution in [2.45, 2.75) is 0 Å². The molecule has 0 spiro atoms. The molecule has 3 rings (SSSR count). The van der Waals surface area contributed by atoms with E-state index in [0.29, 0.717) is 5.69 Å². The van der Waals surface area contributed by atoms with Gasteiger partial charge in [0.15, 0.2) is 11.6 Å². The number of nitrogens with zero attached hydrogens (tertiary/aromatic N) is 2. The highest BCUT2D eigenvalue weighted by Crippen LogP contribution is 2.38. The summed E-state index contributed by atoms with van der Waals surface area (Å²) in [5.74, 6) is -2.96. The van der Waals surface area contributed by atoms with E-state index in [4.69, 9.17) is 10.5 Å². The standard InChI is InChI=1S/C20H11F3N4/c21-15-8-4-5-9-16(15)27-20-18(23)14(11-25)13(10-24)17(22)19(20)26-12-6-2-1-3-7-12/h1-9,26-27H. The van der Waals surface area contributed by atoms with Crippen LogP contribution in [0.15, 0.2) is 54.6 Å². The molecule has 0 bridgehead atoms. The van der Waals surface area contributed by atoms with Crippen LogP contribution in [0.2, 0.25) is 0 Å². The third-order valence-electron chi connectivity index (χ3n) is 3.78. The van der Waals surface area contributed by atoms with E-state index in [1.54, 1.807) is 30.3 Å². The van der Waals surface area contributed by atoms with Gasteiger partial charge in [-0.05, 0) is 24.3 Å². The van der Waals surface area contributed by atoms with Crippen LogP contribution in [0.1, 0.15) is 11.1 Å². The number of hydrogen-bond acceptors (Lipinski definition) is 4. The summed E-state index contributed by atoms with van der Waals surface area (Å²) in [5, 5.41) is 23.5. The Morgan fingerprint density at radius 1 is 0.667 bits per heavy atom. The zero-order valence-corrected chi connectivity index (χ0v) is 13.7. The van der Waals surface area contributed by atoms with E-state index in [2.05, 4.69) is 10.6 Å². The van der Waals surface area contributed by atoms with E-state index >= 15 is 0 Å². The van der Waals surface area contributed by atoms with E-state index in [9.17, 15) is 13.2 Å². The summed E-state index contributed by atoms with van der Waals surface area (Å²) in [7, 11) is 0. The molecule has 3 aromatic carbocycles. The molecule has 0 atom stereocenters. The van der Waals surface area contributed by atoms with Gasteiger partial charge in [-0.1, -0.05) is 30.3 Å². The number of para-hydroxylation sites is 2. The Morgan fingerprint density at radius 2 is 1.19 bits per heavy atom. The molecule has 0 radical (unpaired) electrons. The Bertz CT molecular complexity index is 1080. The maximum atomic E-state index is 14.9. The van der Waals surface area contributed by atoms with Crippen molar-refractivity contribution in [2.24, 2.45) is 0 Å². The molecule has 0 saturated heterocycles. The zero-order valence-electron chi connectivity index (χ0n) is 13.7. The van der Waals surface area contributed by atoms with Crippen LogP contribution in [-0.4, -0.2) is 0 Å². The topological polar surface area (TPSA) is 71.6 Å². The van der Waals surface area contributed by atoms with E-state index in [1.807, 2.05) is 0 Å². The Morgan fingerprint density at radius 3 is 1.74 bits per heavy atom. The molecular formula is C20H11F3N4. The van der Waals surface area contributed by atoms with Crippen LogP contribution in [-0.2, 0) is 0 Å². The van der Waals surface area contributed by atoms with Crippen molar-refractivity contribution >= 4 is 22.7 Å². The van der Waals surface area contributed by atoms with Crippen molar-refractivity contribution in [3.63, 3.8) is 0 Å². The molecule has 0 amide bonds. The quantitative estimate of drug-likeness (QED) is 0.656. The first-order valence-corrected chi connectivity index (χ1v) is 7.75. The Kier molecular flexibility index (Phi) is 4.96. The predicted octanol–water partition coefficient (Wildman–Crippen LogP) is 5.33. The molecule has 27 heavy (non-hydrogen) atoms. The summed E-state index contributed by atoms with van der Waals surface area (Å²) in [6.45, 7) is 0. The van der Waals surface area contributed by atoms with Crippen molar-refractivity contribution in [2.75, 3.05) is 10.6 Å². The average Bonchev–Trinajstić information content (AvgIpc) is 2.69. The smallest absolute Gasteiger partial charge is 0.168 e. The summed E-state index contributed by atoms with van der Waals surface area (Å²) in [6, 6.07) is 16.7. The van der Waals surface area contributed by atoms with Crippen molar-refractivity contribution in [1.82, 2.24) is 0 Å². The number of hydrogen-bond donors (Lipinski definition) is 2. The molecule has 7 heteroatoms. The molecule has 132 valence electrons. The molecule has 0 heterocycles. The lowest BCUT2D eigenvalue weighted by molar-refractivity contribution is 0.599. The molecule has 3 aromatic rings. The van der Waals surface area contributed by atoms with Crippen molar-refractivity contribution in [1.29, 1.82) is 10.5 Å². The van der Waals surface area contributed by atoms with Crippen LogP contribution in [0, 0.1) is 40.1 Å². The van der Waals surface area contributed by atoms with Gasteiger partial charge < -0.3 is 10.6 Å². The second kappa shape index (κ2) is 7.51. The number of rotatable bonds is 4. The third-order valence-corrected chi connectivity index (χ3v) is 3.78. The number of benzene rings is 3. The molecule has 0 fully saturated rings. The Balaban J connectivity index is 2.23. The SMILES string of the molecule is N#Cc1c(F)c(Nc2ccccc2)c(Nc2ccccc2F)c(F)c1C#N. The summed E-state index contributed by atoms with van der Waals surface area (Å²) >= 11 is 0. The maximum absolute atomic E-state index is 14.9. The van der Waals surface area contributed by atoms with Crippen molar-refractivity contribution in [3.8, 4) is 12.1 Å². The van der Waals surface area contributed by atoms with Gasteiger partial charge in [-0.15, -0.1) is 0 Å². The minimum Gasteiger partial charge on any atom is -0.351 e. The second-order valence-corrected chi connectivity index (χ2v) is 5.45. The van der Waals surface area contributed by atoms with Gasteiger partial charge in [0.2, 0.25) is 0 Å². The van der Waals surface area contributed by atoms with Crippen LogP contribution in [0.3, 0.4) is 0 Å². The van der Waals surface area contributed by atoms with Gasteiger partial charge in [-0.25, -0.2) is 13.2 Å². The third kappa shape index (κ3) is 3.39. The molecular weight excluding hydrogens is 353 g/mol. The lowest BCUT2D eigenvalue weighted by Gasteiger charge is -2.18. The summed E-state index contributed by atoms with van der Waals surface area (Å²) in [4.78, 5) is 0. The molecule has 4 nitrogen and oxygen atoms in total. The molecule has 2 N–H and O–H groups in total. The van der Waals surface area contributed by atoms with Gasteiger partial charge in [-0.3, -0.25) is 0 Å². The normalized spacial score (nSPS) is 9.96. The van der Waals surface area contributed by atoms with Crippen LogP contribution >= 0.6 is 0 Å². The van der Waals surface area contributed by atoms with E-state index in [1.165, 1.54) is 30.3 Å². The molecule has 0 saturated carbocycles. The first-order valence-electron chi connectivity index (χ1n) is 7.75. The summed E-state index contributed by atoms with van der Waals surface area (Å²) < 4.78 is 43.8.